The van der Waals surface area contributed by atoms with Crippen molar-refractivity contribution in [2.24, 2.45) is 0 Å². The van der Waals surface area contributed by atoms with Gasteiger partial charge in [-0.05, 0) is 24.6 Å². The van der Waals surface area contributed by atoms with Crippen molar-refractivity contribution < 1.29 is 9.32 Å². The van der Waals surface area contributed by atoms with Crippen LogP contribution >= 0.6 is 15.9 Å². The maximum absolute atomic E-state index is 12.0. The van der Waals surface area contributed by atoms with Crippen molar-refractivity contribution in [3.8, 4) is 11.4 Å². The molecular formula is C18H16BrN3O2. The zero-order valence-electron chi connectivity index (χ0n) is 13.1. The quantitative estimate of drug-likeness (QED) is 0.727. The second kappa shape index (κ2) is 7.40. The van der Waals surface area contributed by atoms with Crippen molar-refractivity contribution in [3.05, 3.63) is 70.0 Å². The van der Waals surface area contributed by atoms with E-state index < -0.39 is 0 Å². The van der Waals surface area contributed by atoms with Crippen LogP contribution in [0, 0.1) is 6.92 Å². The number of hydrogen-bond acceptors (Lipinski definition) is 4. The number of carbonyl (C=O) groups excluding carboxylic acids is 1. The number of halogens is 1. The second-order valence-electron chi connectivity index (χ2n) is 5.46. The van der Waals surface area contributed by atoms with E-state index in [0.29, 0.717) is 18.1 Å². The molecule has 3 rings (SSSR count). The Morgan fingerprint density at radius 3 is 2.75 bits per heavy atom. The summed E-state index contributed by atoms with van der Waals surface area (Å²) in [6.45, 7) is 2.23. The number of nitrogens with one attached hydrogen (secondary N) is 1. The number of hydrogen-bond donors (Lipinski definition) is 1. The monoisotopic (exact) mass is 385 g/mol. The molecule has 3 aromatic rings. The summed E-state index contributed by atoms with van der Waals surface area (Å²) in [5.74, 6) is 0.808. The summed E-state index contributed by atoms with van der Waals surface area (Å²) in [4.78, 5) is 16.3. The molecular weight excluding hydrogens is 370 g/mol. The minimum absolute atomic E-state index is 0.0943. The number of aryl methyl sites for hydroxylation is 1. The molecule has 1 amide bonds. The van der Waals surface area contributed by atoms with Crippen molar-refractivity contribution in [3.63, 3.8) is 0 Å². The second-order valence-corrected chi connectivity index (χ2v) is 6.38. The highest BCUT2D eigenvalue weighted by atomic mass is 79.9. The van der Waals surface area contributed by atoms with Crippen LogP contribution in [0.3, 0.4) is 0 Å². The molecule has 1 heterocycles. The van der Waals surface area contributed by atoms with E-state index in [9.17, 15) is 4.79 Å². The van der Waals surface area contributed by atoms with Crippen LogP contribution in [-0.4, -0.2) is 16.0 Å². The molecule has 122 valence electrons. The molecule has 0 spiro atoms. The van der Waals surface area contributed by atoms with Crippen LogP contribution in [0.1, 0.15) is 17.0 Å². The molecule has 0 saturated carbocycles. The van der Waals surface area contributed by atoms with Gasteiger partial charge in [0.25, 0.3) is 0 Å². The molecule has 0 saturated heterocycles. The number of amides is 1. The van der Waals surface area contributed by atoms with Crippen LogP contribution in [-0.2, 0) is 17.8 Å². The van der Waals surface area contributed by atoms with Gasteiger partial charge < -0.3 is 9.84 Å². The molecule has 0 fully saturated rings. The summed E-state index contributed by atoms with van der Waals surface area (Å²) in [6, 6.07) is 15.5. The molecule has 1 aromatic heterocycles. The summed E-state index contributed by atoms with van der Waals surface area (Å²) < 4.78 is 6.14. The van der Waals surface area contributed by atoms with E-state index in [2.05, 4.69) is 31.4 Å². The van der Waals surface area contributed by atoms with Gasteiger partial charge in [0.2, 0.25) is 17.6 Å². The zero-order chi connectivity index (χ0) is 16.9. The molecule has 0 atom stereocenters. The third-order valence-electron chi connectivity index (χ3n) is 3.47. The Balaban J connectivity index is 1.57. The lowest BCUT2D eigenvalue weighted by Gasteiger charge is -2.03. The minimum atomic E-state index is -0.0943. The first kappa shape index (κ1) is 16.4. The Morgan fingerprint density at radius 1 is 1.21 bits per heavy atom. The highest BCUT2D eigenvalue weighted by Gasteiger charge is 2.10. The first-order valence-corrected chi connectivity index (χ1v) is 8.30. The van der Waals surface area contributed by atoms with Gasteiger partial charge in [0, 0.05) is 10.0 Å². The summed E-state index contributed by atoms with van der Waals surface area (Å²) in [6.07, 6.45) is 0.304. The fourth-order valence-corrected chi connectivity index (χ4v) is 2.66. The minimum Gasteiger partial charge on any atom is -0.347 e. The zero-order valence-corrected chi connectivity index (χ0v) is 14.7. The first-order chi connectivity index (χ1) is 11.6. The third-order valence-corrected chi connectivity index (χ3v) is 3.96. The van der Waals surface area contributed by atoms with Gasteiger partial charge in [-0.1, -0.05) is 63.0 Å². The van der Waals surface area contributed by atoms with Crippen LogP contribution < -0.4 is 5.32 Å². The van der Waals surface area contributed by atoms with Crippen molar-refractivity contribution in [1.29, 1.82) is 0 Å². The van der Waals surface area contributed by atoms with Crippen LogP contribution in [0.5, 0.6) is 0 Å². The maximum atomic E-state index is 12.0. The Hall–Kier alpha value is -2.47. The Kier molecular flexibility index (Phi) is 5.05. The highest BCUT2D eigenvalue weighted by molar-refractivity contribution is 9.10. The Bertz CT molecular complexity index is 843. The number of carbonyl (C=O) groups is 1. The van der Waals surface area contributed by atoms with Crippen molar-refractivity contribution in [1.82, 2.24) is 15.5 Å². The fraction of sp³-hybridized carbons (Fsp3) is 0.167. The van der Waals surface area contributed by atoms with Crippen molar-refractivity contribution in [2.45, 2.75) is 19.9 Å². The molecule has 0 aliphatic heterocycles. The lowest BCUT2D eigenvalue weighted by Crippen LogP contribution is -2.24. The van der Waals surface area contributed by atoms with Gasteiger partial charge in [-0.15, -0.1) is 0 Å². The van der Waals surface area contributed by atoms with Gasteiger partial charge in [0.15, 0.2) is 0 Å². The lowest BCUT2D eigenvalue weighted by molar-refractivity contribution is -0.120. The number of aromatic nitrogens is 2. The molecule has 0 aliphatic rings. The molecule has 0 unspecified atom stereocenters. The van der Waals surface area contributed by atoms with E-state index in [-0.39, 0.29) is 12.5 Å². The molecule has 0 aliphatic carbocycles. The van der Waals surface area contributed by atoms with E-state index >= 15 is 0 Å². The van der Waals surface area contributed by atoms with Crippen LogP contribution in [0.2, 0.25) is 0 Å². The number of benzene rings is 2. The third kappa shape index (κ3) is 4.29. The van der Waals surface area contributed by atoms with Crippen molar-refractivity contribution in [2.75, 3.05) is 0 Å². The summed E-state index contributed by atoms with van der Waals surface area (Å²) in [5.41, 5.74) is 2.99. The predicted octanol–water partition coefficient (Wildman–Crippen LogP) is 3.67. The molecule has 24 heavy (non-hydrogen) atoms. The topological polar surface area (TPSA) is 68.0 Å². The predicted molar refractivity (Wildman–Crippen MR) is 94.2 cm³/mol. The van der Waals surface area contributed by atoms with Gasteiger partial charge in [-0.25, -0.2) is 0 Å². The van der Waals surface area contributed by atoms with Crippen LogP contribution in [0.4, 0.5) is 0 Å². The highest BCUT2D eigenvalue weighted by Crippen LogP contribution is 2.16. The van der Waals surface area contributed by atoms with E-state index in [4.69, 9.17) is 4.52 Å². The van der Waals surface area contributed by atoms with E-state index in [0.717, 1.165) is 15.6 Å². The van der Waals surface area contributed by atoms with Crippen LogP contribution in [0.25, 0.3) is 11.4 Å². The summed E-state index contributed by atoms with van der Waals surface area (Å²) >= 11 is 3.39. The van der Waals surface area contributed by atoms with Crippen molar-refractivity contribution >= 4 is 21.8 Å². The molecule has 6 heteroatoms. The van der Waals surface area contributed by atoms with Gasteiger partial charge in [0.1, 0.15) is 0 Å². The smallest absolute Gasteiger partial charge is 0.246 e. The number of rotatable bonds is 5. The SMILES string of the molecule is Cc1ccc(-c2noc(CNC(=O)Cc3cccc(Br)c3)n2)cc1. The van der Waals surface area contributed by atoms with Gasteiger partial charge >= 0.3 is 0 Å². The van der Waals surface area contributed by atoms with Gasteiger partial charge in [-0.3, -0.25) is 4.79 Å². The standard InChI is InChI=1S/C18H16BrN3O2/c1-12-5-7-14(8-6-12)18-21-17(24-22-18)11-20-16(23)10-13-3-2-4-15(19)9-13/h2-9H,10-11H2,1H3,(H,20,23). The van der Waals surface area contributed by atoms with Crippen LogP contribution in [0.15, 0.2) is 57.5 Å². The summed E-state index contributed by atoms with van der Waals surface area (Å²) in [7, 11) is 0. The largest absolute Gasteiger partial charge is 0.347 e. The fourth-order valence-electron chi connectivity index (χ4n) is 2.22. The Morgan fingerprint density at radius 2 is 2.00 bits per heavy atom. The average molecular weight is 386 g/mol. The normalized spacial score (nSPS) is 10.6. The van der Waals surface area contributed by atoms with E-state index in [1.165, 1.54) is 5.56 Å². The number of nitrogens with zero attached hydrogens (tertiary/aromatic N) is 2. The summed E-state index contributed by atoms with van der Waals surface area (Å²) in [5, 5.41) is 6.74. The molecule has 0 bridgehead atoms. The van der Waals surface area contributed by atoms with E-state index in [1.807, 2.05) is 55.5 Å². The maximum Gasteiger partial charge on any atom is 0.246 e. The first-order valence-electron chi connectivity index (χ1n) is 7.51. The molecule has 0 radical (unpaired) electrons. The Labute approximate surface area is 148 Å². The van der Waals surface area contributed by atoms with E-state index in [1.54, 1.807) is 0 Å². The average Bonchev–Trinajstić information content (AvgIpc) is 3.03. The lowest BCUT2D eigenvalue weighted by atomic mass is 10.1. The van der Waals surface area contributed by atoms with Gasteiger partial charge in [0.05, 0.1) is 13.0 Å². The van der Waals surface area contributed by atoms with Gasteiger partial charge in [-0.2, -0.15) is 4.98 Å². The molecule has 1 N–H and O–H groups in total. The molecule has 2 aromatic carbocycles. The molecule has 5 nitrogen and oxygen atoms in total.